The highest BCUT2D eigenvalue weighted by Crippen LogP contribution is 2.19. The molecule has 0 saturated heterocycles. The maximum Gasteiger partial charge on any atom is 0.350 e. The van der Waals surface area contributed by atoms with Crippen molar-refractivity contribution in [1.82, 2.24) is 4.73 Å². The van der Waals surface area contributed by atoms with E-state index in [4.69, 9.17) is 17.0 Å². The van der Waals surface area contributed by atoms with E-state index in [9.17, 15) is 15.0 Å². The molecule has 1 atom stereocenters. The van der Waals surface area contributed by atoms with Crippen LogP contribution >= 0.6 is 11.8 Å². The van der Waals surface area contributed by atoms with Crippen LogP contribution in [0.1, 0.15) is 19.3 Å². The summed E-state index contributed by atoms with van der Waals surface area (Å²) in [6, 6.07) is 1.58. The van der Waals surface area contributed by atoms with Crippen molar-refractivity contribution in [3.05, 3.63) is 12.1 Å². The molecular formula is C13H18N2O4S. The van der Waals surface area contributed by atoms with Crippen LogP contribution in [0.2, 0.25) is 0 Å². The van der Waals surface area contributed by atoms with Gasteiger partial charge in [0.1, 0.15) is 6.04 Å². The number of terminal acetylenes is 1. The summed E-state index contributed by atoms with van der Waals surface area (Å²) in [5, 5.41) is 18.6. The minimum atomic E-state index is -0.825. The number of hydrogen-bond donors (Lipinski definition) is 3. The van der Waals surface area contributed by atoms with Crippen molar-refractivity contribution in [2.45, 2.75) is 25.3 Å². The Morgan fingerprint density at radius 3 is 2.70 bits per heavy atom. The zero-order valence-corrected chi connectivity index (χ0v) is 11.8. The summed E-state index contributed by atoms with van der Waals surface area (Å²) in [6.45, 7) is 0. The van der Waals surface area contributed by atoms with E-state index in [1.807, 2.05) is 0 Å². The first-order valence-corrected chi connectivity index (χ1v) is 7.30. The number of thioether (sulfide) groups is 1. The minimum Gasteiger partial charge on any atom is -0.492 e. The maximum atomic E-state index is 11.7. The summed E-state index contributed by atoms with van der Waals surface area (Å²) in [5.74, 6) is 2.37. The maximum absolute atomic E-state index is 11.7. The van der Waals surface area contributed by atoms with E-state index >= 15 is 0 Å². The molecule has 1 unspecified atom stereocenters. The molecule has 1 heterocycles. The number of rotatable bonds is 8. The van der Waals surface area contributed by atoms with Gasteiger partial charge in [0.25, 0.3) is 0 Å². The van der Waals surface area contributed by atoms with Gasteiger partial charge in [0.15, 0.2) is 0 Å². The lowest BCUT2D eigenvalue weighted by Gasteiger charge is -2.12. The Bertz CT molecular complexity index is 462. The normalized spacial score (nSPS) is 11.8. The highest BCUT2D eigenvalue weighted by Gasteiger charge is 2.19. The zero-order valence-electron chi connectivity index (χ0n) is 11.0. The molecule has 6 nitrogen and oxygen atoms in total. The molecule has 0 amide bonds. The second kappa shape index (κ2) is 8.40. The van der Waals surface area contributed by atoms with E-state index in [0.29, 0.717) is 10.5 Å². The van der Waals surface area contributed by atoms with Gasteiger partial charge >= 0.3 is 5.97 Å². The van der Waals surface area contributed by atoms with E-state index in [1.165, 1.54) is 23.9 Å². The van der Waals surface area contributed by atoms with Gasteiger partial charge in [0.2, 0.25) is 11.8 Å². The zero-order chi connectivity index (χ0) is 15.0. The van der Waals surface area contributed by atoms with Crippen molar-refractivity contribution >= 4 is 17.7 Å². The van der Waals surface area contributed by atoms with Crippen LogP contribution in [0.4, 0.5) is 0 Å². The smallest absolute Gasteiger partial charge is 0.350 e. The second-order valence-corrected chi connectivity index (χ2v) is 5.25. The van der Waals surface area contributed by atoms with Crippen molar-refractivity contribution in [1.29, 1.82) is 0 Å². The molecule has 0 spiro atoms. The van der Waals surface area contributed by atoms with Gasteiger partial charge in [0.05, 0.1) is 0 Å². The number of hydrogen-bond acceptors (Lipinski definition) is 6. The number of nitrogens with zero attached hydrogens (tertiary/aromatic N) is 1. The molecule has 0 saturated carbocycles. The van der Waals surface area contributed by atoms with Gasteiger partial charge in [0, 0.05) is 24.3 Å². The third kappa shape index (κ3) is 5.07. The summed E-state index contributed by atoms with van der Waals surface area (Å²) < 4.78 is 0.625. The van der Waals surface area contributed by atoms with E-state index in [-0.39, 0.29) is 11.8 Å². The molecule has 110 valence electrons. The molecule has 0 fully saturated rings. The van der Waals surface area contributed by atoms with Crippen LogP contribution in [0, 0.1) is 12.3 Å². The second-order valence-electron chi connectivity index (χ2n) is 4.10. The summed E-state index contributed by atoms with van der Waals surface area (Å²) in [4.78, 5) is 16.4. The fourth-order valence-corrected chi connectivity index (χ4v) is 2.33. The Morgan fingerprint density at radius 1 is 1.45 bits per heavy atom. The predicted molar refractivity (Wildman–Crippen MR) is 77.3 cm³/mol. The third-order valence-electron chi connectivity index (χ3n) is 2.44. The minimum absolute atomic E-state index is 0.370. The predicted octanol–water partition coefficient (Wildman–Crippen LogP) is 0.718. The van der Waals surface area contributed by atoms with E-state index in [0.717, 1.165) is 25.0 Å². The average molecular weight is 298 g/mol. The molecule has 4 N–H and O–H groups in total. The summed E-state index contributed by atoms with van der Waals surface area (Å²) in [7, 11) is 0. The van der Waals surface area contributed by atoms with Crippen LogP contribution < -0.4 is 10.6 Å². The Morgan fingerprint density at radius 2 is 2.10 bits per heavy atom. The molecule has 7 heteroatoms. The molecule has 0 aliphatic heterocycles. The van der Waals surface area contributed by atoms with Crippen molar-refractivity contribution in [3.8, 4) is 24.1 Å². The standard InChI is InChI=1S/C13H18N2O4S/c1-2-3-4-5-8-20-9-10(14)13(18)19-15-11(16)6-7-12(15)17/h1,6-7,10,16-17H,3-5,8-9,14H2. The summed E-state index contributed by atoms with van der Waals surface area (Å²) in [5.41, 5.74) is 5.67. The highest BCUT2D eigenvalue weighted by molar-refractivity contribution is 7.99. The molecule has 20 heavy (non-hydrogen) atoms. The van der Waals surface area contributed by atoms with Gasteiger partial charge < -0.3 is 20.8 Å². The molecular weight excluding hydrogens is 280 g/mol. The van der Waals surface area contributed by atoms with Gasteiger partial charge in [-0.25, -0.2) is 4.79 Å². The third-order valence-corrected chi connectivity index (χ3v) is 3.61. The number of aromatic nitrogens is 1. The number of aromatic hydroxyl groups is 2. The van der Waals surface area contributed by atoms with Gasteiger partial charge in [-0.1, -0.05) is 0 Å². The van der Waals surface area contributed by atoms with E-state index in [1.54, 1.807) is 0 Å². The lowest BCUT2D eigenvalue weighted by molar-refractivity contribution is -0.146. The molecule has 0 aliphatic rings. The molecule has 0 radical (unpaired) electrons. The first kappa shape index (κ1) is 16.3. The van der Waals surface area contributed by atoms with E-state index < -0.39 is 12.0 Å². The molecule has 1 rings (SSSR count). The van der Waals surface area contributed by atoms with E-state index in [2.05, 4.69) is 5.92 Å². The van der Waals surface area contributed by atoms with Crippen LogP contribution in [0.3, 0.4) is 0 Å². The number of carbonyl (C=O) groups is 1. The fourth-order valence-electron chi connectivity index (χ4n) is 1.36. The largest absolute Gasteiger partial charge is 0.492 e. The monoisotopic (exact) mass is 298 g/mol. The lowest BCUT2D eigenvalue weighted by atomic mass is 10.3. The molecule has 1 aromatic heterocycles. The quantitative estimate of drug-likeness (QED) is 0.483. The molecule has 0 bridgehead atoms. The summed E-state index contributed by atoms with van der Waals surface area (Å²) >= 11 is 1.53. The molecule has 1 aromatic rings. The lowest BCUT2D eigenvalue weighted by Crippen LogP contribution is -2.39. The SMILES string of the molecule is C#CCCCCSCC(N)C(=O)On1c(O)ccc1O. The van der Waals surface area contributed by atoms with Gasteiger partial charge in [-0.15, -0.1) is 17.1 Å². The fraction of sp³-hybridized carbons (Fsp3) is 0.462. The molecule has 0 aromatic carbocycles. The number of unbranched alkanes of at least 4 members (excludes halogenated alkanes) is 2. The topological polar surface area (TPSA) is 97.7 Å². The van der Waals surface area contributed by atoms with Gasteiger partial charge in [-0.2, -0.15) is 11.8 Å². The van der Waals surface area contributed by atoms with Gasteiger partial charge in [-0.3, -0.25) is 0 Å². The Balaban J connectivity index is 2.28. The van der Waals surface area contributed by atoms with Crippen molar-refractivity contribution < 1.29 is 19.8 Å². The van der Waals surface area contributed by atoms with Crippen LogP contribution in [0.25, 0.3) is 0 Å². The molecule has 0 aliphatic carbocycles. The number of nitrogens with two attached hydrogens (primary N) is 1. The van der Waals surface area contributed by atoms with Gasteiger partial charge in [-0.05, 0) is 18.6 Å². The Kier molecular flexibility index (Phi) is 6.84. The van der Waals surface area contributed by atoms with Crippen molar-refractivity contribution in [2.75, 3.05) is 11.5 Å². The highest BCUT2D eigenvalue weighted by atomic mass is 32.2. The van der Waals surface area contributed by atoms with Crippen LogP contribution in [-0.2, 0) is 4.79 Å². The van der Waals surface area contributed by atoms with Crippen LogP contribution in [0.15, 0.2) is 12.1 Å². The summed E-state index contributed by atoms with van der Waals surface area (Å²) in [6.07, 6.45) is 7.81. The van der Waals surface area contributed by atoms with Crippen LogP contribution in [-0.4, -0.2) is 38.5 Å². The first-order chi connectivity index (χ1) is 9.56. The first-order valence-electron chi connectivity index (χ1n) is 6.15. The Hall–Kier alpha value is -1.78. The van der Waals surface area contributed by atoms with Crippen molar-refractivity contribution in [3.63, 3.8) is 0 Å². The van der Waals surface area contributed by atoms with Crippen molar-refractivity contribution in [2.24, 2.45) is 5.73 Å². The average Bonchev–Trinajstić information content (AvgIpc) is 2.74. The number of carbonyl (C=O) groups excluding carboxylic acids is 1. The Labute approximate surface area is 121 Å². The van der Waals surface area contributed by atoms with Crippen LogP contribution in [0.5, 0.6) is 11.8 Å².